The summed E-state index contributed by atoms with van der Waals surface area (Å²) in [6.45, 7) is 0. The maximum atomic E-state index is 6.15. The lowest BCUT2D eigenvalue weighted by atomic mass is 10.0. The van der Waals surface area contributed by atoms with E-state index < -0.39 is 0 Å². The maximum Gasteiger partial charge on any atom is 0.143 e. The lowest BCUT2D eigenvalue weighted by molar-refractivity contribution is 0.672. The van der Waals surface area contributed by atoms with Gasteiger partial charge in [0, 0.05) is 21.2 Å². The summed E-state index contributed by atoms with van der Waals surface area (Å²) in [5, 5.41) is 5.37. The number of furan rings is 1. The third kappa shape index (κ3) is 2.02. The topological polar surface area (TPSA) is 13.1 Å². The molecular weight excluding hydrogens is 316 g/mol. The van der Waals surface area contributed by atoms with Gasteiger partial charge in [-0.05, 0) is 46.8 Å². The van der Waals surface area contributed by atoms with Gasteiger partial charge in [0.25, 0.3) is 0 Å². The Balaban J connectivity index is 1.83. The number of benzene rings is 4. The van der Waals surface area contributed by atoms with Crippen LogP contribution >= 0.6 is 11.6 Å². The van der Waals surface area contributed by atoms with Crippen molar-refractivity contribution in [3.05, 3.63) is 83.9 Å². The minimum Gasteiger partial charge on any atom is -0.455 e. The summed E-state index contributed by atoms with van der Waals surface area (Å²) >= 11 is 6.13. The highest BCUT2D eigenvalue weighted by Gasteiger charge is 2.11. The molecule has 0 radical (unpaired) electrons. The molecule has 24 heavy (non-hydrogen) atoms. The normalized spacial score (nSPS) is 11.5. The molecule has 0 fully saturated rings. The molecular formula is C22H13ClO. The third-order valence-corrected chi connectivity index (χ3v) is 4.75. The molecule has 5 aromatic rings. The molecule has 0 aliphatic rings. The van der Waals surface area contributed by atoms with Crippen molar-refractivity contribution in [3.63, 3.8) is 0 Å². The lowest BCUT2D eigenvalue weighted by Crippen LogP contribution is -1.77. The molecule has 4 aromatic carbocycles. The second kappa shape index (κ2) is 5.12. The number of hydrogen-bond donors (Lipinski definition) is 0. The first-order valence-corrected chi connectivity index (χ1v) is 8.27. The summed E-state index contributed by atoms with van der Waals surface area (Å²) in [6.07, 6.45) is 0. The molecule has 1 nitrogen and oxygen atoms in total. The predicted molar refractivity (Wildman–Crippen MR) is 102 cm³/mol. The Morgan fingerprint density at radius 2 is 1.50 bits per heavy atom. The molecule has 0 spiro atoms. The van der Waals surface area contributed by atoms with E-state index in [1.165, 1.54) is 5.39 Å². The van der Waals surface area contributed by atoms with Crippen molar-refractivity contribution in [2.45, 2.75) is 0 Å². The van der Waals surface area contributed by atoms with Crippen molar-refractivity contribution in [3.8, 4) is 11.1 Å². The van der Waals surface area contributed by atoms with E-state index in [0.29, 0.717) is 0 Å². The Kier molecular flexibility index (Phi) is 2.91. The SMILES string of the molecule is Clc1cccc(-c2ccc3oc4c5ccccc5ccc4c3c2)c1. The zero-order chi connectivity index (χ0) is 16.1. The summed E-state index contributed by atoms with van der Waals surface area (Å²) in [4.78, 5) is 0. The third-order valence-electron chi connectivity index (χ3n) is 4.52. The van der Waals surface area contributed by atoms with E-state index in [1.807, 2.05) is 36.4 Å². The minimum atomic E-state index is 0.746. The highest BCUT2D eigenvalue weighted by Crippen LogP contribution is 2.36. The molecule has 0 saturated heterocycles. The largest absolute Gasteiger partial charge is 0.455 e. The van der Waals surface area contributed by atoms with Crippen LogP contribution in [0.4, 0.5) is 0 Å². The first kappa shape index (κ1) is 13.6. The van der Waals surface area contributed by atoms with Crippen molar-refractivity contribution < 1.29 is 4.42 Å². The number of fused-ring (bicyclic) bond motifs is 5. The maximum absolute atomic E-state index is 6.15. The van der Waals surface area contributed by atoms with Gasteiger partial charge in [-0.25, -0.2) is 0 Å². The Morgan fingerprint density at radius 3 is 2.42 bits per heavy atom. The highest BCUT2D eigenvalue weighted by molar-refractivity contribution is 6.30. The van der Waals surface area contributed by atoms with Crippen LogP contribution in [0, 0.1) is 0 Å². The van der Waals surface area contributed by atoms with E-state index in [9.17, 15) is 0 Å². The van der Waals surface area contributed by atoms with Crippen LogP contribution in [0.2, 0.25) is 5.02 Å². The average molecular weight is 329 g/mol. The molecule has 0 unspecified atom stereocenters. The number of rotatable bonds is 1. The van der Waals surface area contributed by atoms with Crippen molar-refractivity contribution in [2.75, 3.05) is 0 Å². The molecule has 0 amide bonds. The lowest BCUT2D eigenvalue weighted by Gasteiger charge is -2.02. The van der Waals surface area contributed by atoms with E-state index in [0.717, 1.165) is 43.5 Å². The summed E-state index contributed by atoms with van der Waals surface area (Å²) in [7, 11) is 0. The molecule has 0 aliphatic heterocycles. The molecule has 1 aromatic heterocycles. The fourth-order valence-corrected chi connectivity index (χ4v) is 3.54. The van der Waals surface area contributed by atoms with E-state index >= 15 is 0 Å². The quantitative estimate of drug-likeness (QED) is 0.321. The van der Waals surface area contributed by atoms with Crippen LogP contribution in [0.25, 0.3) is 43.8 Å². The second-order valence-electron chi connectivity index (χ2n) is 5.99. The minimum absolute atomic E-state index is 0.746. The molecule has 0 bridgehead atoms. The fourth-order valence-electron chi connectivity index (χ4n) is 3.35. The van der Waals surface area contributed by atoms with Crippen LogP contribution in [0.1, 0.15) is 0 Å². The van der Waals surface area contributed by atoms with Crippen LogP contribution in [-0.4, -0.2) is 0 Å². The van der Waals surface area contributed by atoms with Crippen LogP contribution in [0.3, 0.4) is 0 Å². The van der Waals surface area contributed by atoms with E-state index in [4.69, 9.17) is 16.0 Å². The van der Waals surface area contributed by atoms with Crippen LogP contribution in [0.5, 0.6) is 0 Å². The summed E-state index contributed by atoms with van der Waals surface area (Å²) in [6, 6.07) is 26.8. The van der Waals surface area contributed by atoms with E-state index in [-0.39, 0.29) is 0 Å². The van der Waals surface area contributed by atoms with Gasteiger partial charge < -0.3 is 4.42 Å². The van der Waals surface area contributed by atoms with E-state index in [2.05, 4.69) is 42.5 Å². The zero-order valence-electron chi connectivity index (χ0n) is 12.8. The molecule has 1 heterocycles. The standard InChI is InChI=1S/C22H13ClO/c23-17-6-3-5-15(12-17)16-9-11-21-20(13-16)19-10-8-14-4-1-2-7-18(14)22(19)24-21/h1-13H. The first-order chi connectivity index (χ1) is 11.8. The molecule has 2 heteroatoms. The number of halogens is 1. The van der Waals surface area contributed by atoms with Gasteiger partial charge in [-0.2, -0.15) is 0 Å². The Morgan fingerprint density at radius 1 is 0.625 bits per heavy atom. The Labute approximate surface area is 144 Å². The molecule has 0 aliphatic carbocycles. The first-order valence-electron chi connectivity index (χ1n) is 7.89. The zero-order valence-corrected chi connectivity index (χ0v) is 13.5. The van der Waals surface area contributed by atoms with Gasteiger partial charge in [-0.15, -0.1) is 0 Å². The van der Waals surface area contributed by atoms with Crippen LogP contribution in [-0.2, 0) is 0 Å². The molecule has 5 rings (SSSR count). The smallest absolute Gasteiger partial charge is 0.143 e. The average Bonchev–Trinajstić information content (AvgIpc) is 3.00. The highest BCUT2D eigenvalue weighted by atomic mass is 35.5. The fraction of sp³-hybridized carbons (Fsp3) is 0. The molecule has 114 valence electrons. The van der Waals surface area contributed by atoms with Crippen LogP contribution in [0.15, 0.2) is 83.3 Å². The van der Waals surface area contributed by atoms with Crippen molar-refractivity contribution >= 4 is 44.3 Å². The second-order valence-corrected chi connectivity index (χ2v) is 6.42. The Bertz CT molecular complexity index is 1220. The van der Waals surface area contributed by atoms with Crippen molar-refractivity contribution in [1.82, 2.24) is 0 Å². The van der Waals surface area contributed by atoms with Gasteiger partial charge in [0.1, 0.15) is 11.2 Å². The van der Waals surface area contributed by atoms with Crippen LogP contribution < -0.4 is 0 Å². The van der Waals surface area contributed by atoms with Crippen molar-refractivity contribution in [2.24, 2.45) is 0 Å². The molecule has 0 atom stereocenters. The molecule has 0 N–H and O–H groups in total. The van der Waals surface area contributed by atoms with Gasteiger partial charge in [0.2, 0.25) is 0 Å². The van der Waals surface area contributed by atoms with Gasteiger partial charge in [0.05, 0.1) is 0 Å². The summed E-state index contributed by atoms with van der Waals surface area (Å²) < 4.78 is 6.15. The van der Waals surface area contributed by atoms with Gasteiger partial charge >= 0.3 is 0 Å². The predicted octanol–water partition coefficient (Wildman–Crippen LogP) is 7.06. The Hall–Kier alpha value is -2.77. The van der Waals surface area contributed by atoms with Gasteiger partial charge in [0.15, 0.2) is 0 Å². The van der Waals surface area contributed by atoms with Gasteiger partial charge in [-0.1, -0.05) is 60.1 Å². The monoisotopic (exact) mass is 328 g/mol. The van der Waals surface area contributed by atoms with Crippen molar-refractivity contribution in [1.29, 1.82) is 0 Å². The summed E-state index contributed by atoms with van der Waals surface area (Å²) in [5.41, 5.74) is 4.11. The van der Waals surface area contributed by atoms with E-state index in [1.54, 1.807) is 0 Å². The number of hydrogen-bond acceptors (Lipinski definition) is 1. The molecule has 0 saturated carbocycles. The summed E-state index contributed by atoms with van der Waals surface area (Å²) in [5.74, 6) is 0. The van der Waals surface area contributed by atoms with Gasteiger partial charge in [-0.3, -0.25) is 0 Å².